The summed E-state index contributed by atoms with van der Waals surface area (Å²) in [4.78, 5) is 13.8. The maximum absolute atomic E-state index is 12.6. The van der Waals surface area contributed by atoms with Gasteiger partial charge in [0.15, 0.2) is 6.67 Å². The van der Waals surface area contributed by atoms with Crippen LogP contribution in [0.2, 0.25) is 0 Å². The monoisotopic (exact) mass is 499 g/mol. The fourth-order valence-corrected chi connectivity index (χ4v) is 4.96. The number of fused-ring (bicyclic) bond motifs is 2. The number of allylic oxidation sites excluding steroid dienone is 2. The normalized spacial score (nSPS) is 22.6. The van der Waals surface area contributed by atoms with Crippen LogP contribution >= 0.6 is 0 Å². The van der Waals surface area contributed by atoms with Gasteiger partial charge in [0.2, 0.25) is 5.76 Å². The summed E-state index contributed by atoms with van der Waals surface area (Å²) in [5, 5.41) is 14.4. The Morgan fingerprint density at radius 1 is 1.31 bits per heavy atom. The van der Waals surface area contributed by atoms with E-state index < -0.39 is 11.6 Å². The third-order valence-electron chi connectivity index (χ3n) is 7.02. The molecule has 36 heavy (non-hydrogen) atoms. The summed E-state index contributed by atoms with van der Waals surface area (Å²) < 4.78 is 23.4. The highest BCUT2D eigenvalue weighted by atomic mass is 16.6. The second kappa shape index (κ2) is 11.4. The van der Waals surface area contributed by atoms with Gasteiger partial charge in [-0.15, -0.1) is 0 Å². The molecule has 0 bridgehead atoms. The zero-order valence-electron chi connectivity index (χ0n) is 21.8. The zero-order valence-corrected chi connectivity index (χ0v) is 21.8. The van der Waals surface area contributed by atoms with E-state index in [-0.39, 0.29) is 18.5 Å². The van der Waals surface area contributed by atoms with Crippen molar-refractivity contribution >= 4 is 11.5 Å². The lowest BCUT2D eigenvalue weighted by molar-refractivity contribution is -0.836. The van der Waals surface area contributed by atoms with Gasteiger partial charge >= 0.3 is 5.97 Å². The van der Waals surface area contributed by atoms with Crippen molar-refractivity contribution < 1.29 is 33.7 Å². The number of ether oxygens (including phenoxy) is 4. The van der Waals surface area contributed by atoms with Gasteiger partial charge in [0.1, 0.15) is 36.1 Å². The topological polar surface area (TPSA) is 90.7 Å². The molecule has 4 rings (SSSR count). The van der Waals surface area contributed by atoms with E-state index in [9.17, 15) is 9.90 Å². The number of carbonyl (C=O) groups excluding carboxylic acids is 1. The Morgan fingerprint density at radius 3 is 2.83 bits per heavy atom. The summed E-state index contributed by atoms with van der Waals surface area (Å²) in [6, 6.07) is 1.81. The highest BCUT2D eigenvalue weighted by Gasteiger charge is 2.41. The molecule has 3 heterocycles. The quantitative estimate of drug-likeness (QED) is 0.319. The lowest BCUT2D eigenvalue weighted by Gasteiger charge is -2.29. The van der Waals surface area contributed by atoms with Crippen molar-refractivity contribution in [3.05, 3.63) is 47.5 Å². The third-order valence-corrected chi connectivity index (χ3v) is 7.02. The Hall–Kier alpha value is -2.97. The Bertz CT molecular complexity index is 1060. The van der Waals surface area contributed by atoms with Gasteiger partial charge in [-0.05, 0) is 38.0 Å². The van der Waals surface area contributed by atoms with E-state index in [1.165, 1.54) is 4.90 Å². The first-order chi connectivity index (χ1) is 17.4. The van der Waals surface area contributed by atoms with E-state index in [1.807, 2.05) is 19.2 Å². The summed E-state index contributed by atoms with van der Waals surface area (Å²) in [5.74, 6) is 1.36. The zero-order chi connectivity index (χ0) is 25.7. The van der Waals surface area contributed by atoms with Crippen LogP contribution in [0.15, 0.2) is 36.4 Å². The number of benzene rings is 1. The van der Waals surface area contributed by atoms with E-state index in [1.54, 1.807) is 20.1 Å². The van der Waals surface area contributed by atoms with Gasteiger partial charge in [-0.25, -0.2) is 4.79 Å². The van der Waals surface area contributed by atoms with Gasteiger partial charge in [0.05, 0.1) is 31.1 Å². The molecule has 196 valence electrons. The molecule has 0 spiro atoms. The molecule has 0 saturated heterocycles. The molecule has 3 N–H and O–H groups in total. The van der Waals surface area contributed by atoms with Crippen molar-refractivity contribution in [3.8, 4) is 17.2 Å². The Balaban J connectivity index is 1.66. The number of methoxy groups -OCH3 is 1. The molecule has 0 amide bonds. The van der Waals surface area contributed by atoms with E-state index in [4.69, 9.17) is 18.9 Å². The number of carbonyl (C=O) groups is 1. The van der Waals surface area contributed by atoms with Gasteiger partial charge in [-0.1, -0.05) is 32.6 Å². The number of quaternary nitrogens is 1. The van der Waals surface area contributed by atoms with Crippen molar-refractivity contribution in [2.75, 3.05) is 26.9 Å². The second-order valence-corrected chi connectivity index (χ2v) is 9.81. The summed E-state index contributed by atoms with van der Waals surface area (Å²) in [6.07, 6.45) is 13.0. The number of hydrogen-bond donors (Lipinski definition) is 3. The molecule has 1 aromatic carbocycles. The van der Waals surface area contributed by atoms with Crippen molar-refractivity contribution in [3.63, 3.8) is 0 Å². The van der Waals surface area contributed by atoms with Crippen LogP contribution in [-0.4, -0.2) is 49.7 Å². The van der Waals surface area contributed by atoms with Crippen molar-refractivity contribution in [1.82, 2.24) is 5.32 Å². The molecular weight excluding hydrogens is 460 g/mol. The molecule has 3 atom stereocenters. The average Bonchev–Trinajstić information content (AvgIpc) is 3.54. The molecule has 8 heteroatoms. The van der Waals surface area contributed by atoms with Crippen molar-refractivity contribution in [2.45, 2.75) is 71.0 Å². The Kier molecular flexibility index (Phi) is 8.26. The van der Waals surface area contributed by atoms with E-state index in [0.717, 1.165) is 55.6 Å². The maximum atomic E-state index is 12.6. The first-order valence-electron chi connectivity index (χ1n) is 13.0. The molecule has 0 radical (unpaired) electrons. The lowest BCUT2D eigenvalue weighted by atomic mass is 9.88. The summed E-state index contributed by atoms with van der Waals surface area (Å²) in [7, 11) is 1.63. The van der Waals surface area contributed by atoms with E-state index in [2.05, 4.69) is 24.5 Å². The fourth-order valence-electron chi connectivity index (χ4n) is 4.96. The third kappa shape index (κ3) is 5.55. The molecule has 0 fully saturated rings. The van der Waals surface area contributed by atoms with Crippen LogP contribution in [0.1, 0.15) is 64.0 Å². The minimum absolute atomic E-state index is 0.125. The molecule has 0 aromatic heterocycles. The van der Waals surface area contributed by atoms with Crippen LogP contribution in [0.3, 0.4) is 0 Å². The van der Waals surface area contributed by atoms with Crippen molar-refractivity contribution in [1.29, 1.82) is 0 Å². The maximum Gasteiger partial charge on any atom is 0.374 e. The number of esters is 1. The highest BCUT2D eigenvalue weighted by Crippen LogP contribution is 2.50. The number of aliphatic hydroxyl groups is 1. The van der Waals surface area contributed by atoms with Gasteiger partial charge in [0.25, 0.3) is 0 Å². The van der Waals surface area contributed by atoms with Crippen LogP contribution < -0.4 is 24.4 Å². The molecule has 0 aliphatic carbocycles. The Labute approximate surface area is 213 Å². The van der Waals surface area contributed by atoms with Gasteiger partial charge in [0, 0.05) is 18.1 Å². The minimum atomic E-state index is -0.968. The van der Waals surface area contributed by atoms with E-state index in [0.29, 0.717) is 30.1 Å². The summed E-state index contributed by atoms with van der Waals surface area (Å²) in [5.41, 5.74) is 1.56. The smallest absolute Gasteiger partial charge is 0.374 e. The largest absolute Gasteiger partial charge is 0.496 e. The number of hydrogen-bond acceptors (Lipinski definition) is 7. The molecule has 8 nitrogen and oxygen atoms in total. The first kappa shape index (κ1) is 26.1. The average molecular weight is 500 g/mol. The predicted octanol–water partition coefficient (Wildman–Crippen LogP) is 2.86. The van der Waals surface area contributed by atoms with Crippen molar-refractivity contribution in [2.24, 2.45) is 0 Å². The van der Waals surface area contributed by atoms with E-state index >= 15 is 0 Å². The minimum Gasteiger partial charge on any atom is -0.496 e. The number of nitrogens with one attached hydrogen (secondary N) is 2. The SMILES string of the molecule is CCCCCCC(C)(O)C1Cc2c(cc3c(c2OC)C(=CC[NH+]2C=CNC2)C=C(C(=O)OCC)O3)O1. The van der Waals surface area contributed by atoms with Gasteiger partial charge < -0.3 is 29.4 Å². The predicted molar refractivity (Wildman–Crippen MR) is 137 cm³/mol. The second-order valence-electron chi connectivity index (χ2n) is 9.81. The molecular formula is C28H39N2O6+. The van der Waals surface area contributed by atoms with Crippen LogP contribution in [-0.2, 0) is 16.0 Å². The van der Waals surface area contributed by atoms with Crippen LogP contribution in [0.5, 0.6) is 17.2 Å². The first-order valence-corrected chi connectivity index (χ1v) is 13.0. The van der Waals surface area contributed by atoms with Gasteiger partial charge in [-0.3, -0.25) is 4.90 Å². The molecule has 3 aliphatic rings. The highest BCUT2D eigenvalue weighted by molar-refractivity contribution is 5.95. The van der Waals surface area contributed by atoms with Gasteiger partial charge in [-0.2, -0.15) is 0 Å². The lowest BCUT2D eigenvalue weighted by Crippen LogP contribution is -3.07. The Morgan fingerprint density at radius 2 is 2.14 bits per heavy atom. The molecule has 3 aliphatic heterocycles. The molecule has 1 aromatic rings. The molecule has 3 unspecified atom stereocenters. The standard InChI is InChI=1S/C28H38N2O6/c1-5-7-8-9-11-28(3,32)24-16-20-21(36-24)17-22-25(26(20)33-4)19(10-13-30-14-12-29-18-30)15-23(35-22)27(31)34-6-2/h10,12,14-15,17,24,29,32H,5-9,11,13,16,18H2,1-4H3/p+1. The molecule has 0 saturated carbocycles. The summed E-state index contributed by atoms with van der Waals surface area (Å²) >= 11 is 0. The number of unbranched alkanes of at least 4 members (excludes halogenated alkanes) is 3. The van der Waals surface area contributed by atoms with Crippen LogP contribution in [0.25, 0.3) is 5.57 Å². The van der Waals surface area contributed by atoms with Crippen LogP contribution in [0.4, 0.5) is 0 Å². The fraction of sp³-hybridized carbons (Fsp3) is 0.536. The number of rotatable bonds is 11. The summed E-state index contributed by atoms with van der Waals surface area (Å²) in [6.45, 7) is 7.56. The van der Waals surface area contributed by atoms with Crippen LogP contribution in [0, 0.1) is 0 Å².